The minimum Gasteiger partial charge on any atom is -0.326 e. The van der Waals surface area contributed by atoms with Crippen LogP contribution in [0.25, 0.3) is 0 Å². The van der Waals surface area contributed by atoms with Crippen LogP contribution >= 0.6 is 0 Å². The highest BCUT2D eigenvalue weighted by Gasteiger charge is 2.30. The average molecular weight is 339 g/mol. The fraction of sp³-hybridized carbons (Fsp3) is 0.300. The van der Waals surface area contributed by atoms with Crippen molar-refractivity contribution in [1.82, 2.24) is 0 Å². The molecule has 1 atom stereocenters. The Morgan fingerprint density at radius 3 is 2.00 bits per heavy atom. The van der Waals surface area contributed by atoms with Gasteiger partial charge >= 0.3 is 0 Å². The van der Waals surface area contributed by atoms with Crippen molar-refractivity contribution >= 4 is 23.2 Å². The van der Waals surface area contributed by atoms with Gasteiger partial charge in [-0.05, 0) is 42.7 Å². The zero-order valence-corrected chi connectivity index (χ0v) is 14.9. The molecule has 0 aliphatic carbocycles. The van der Waals surface area contributed by atoms with E-state index in [0.29, 0.717) is 23.7 Å². The van der Waals surface area contributed by atoms with E-state index in [0.717, 1.165) is 5.56 Å². The third kappa shape index (κ3) is 5.16. The number of hydrogen-bond donors (Lipinski definition) is 3. The number of carbonyl (C=O) groups is 2. The Morgan fingerprint density at radius 2 is 1.48 bits per heavy atom. The van der Waals surface area contributed by atoms with Gasteiger partial charge in [0.15, 0.2) is 0 Å². The first-order chi connectivity index (χ1) is 11.8. The van der Waals surface area contributed by atoms with Crippen molar-refractivity contribution < 1.29 is 9.59 Å². The van der Waals surface area contributed by atoms with E-state index in [1.54, 1.807) is 31.2 Å². The highest BCUT2D eigenvalue weighted by atomic mass is 16.2. The summed E-state index contributed by atoms with van der Waals surface area (Å²) in [6.07, 6.45) is 0.473. The summed E-state index contributed by atoms with van der Waals surface area (Å²) in [5.41, 5.74) is 7.13. The van der Waals surface area contributed by atoms with E-state index in [4.69, 9.17) is 5.73 Å². The molecule has 2 rings (SSSR count). The molecule has 0 saturated carbocycles. The molecule has 0 spiro atoms. The lowest BCUT2D eigenvalue weighted by Crippen LogP contribution is -2.45. The third-order valence-corrected chi connectivity index (χ3v) is 3.87. The van der Waals surface area contributed by atoms with Crippen LogP contribution in [0.3, 0.4) is 0 Å². The number of nitrogens with two attached hydrogens (primary N) is 1. The molecule has 0 aliphatic rings. The van der Waals surface area contributed by atoms with Gasteiger partial charge in [0.2, 0.25) is 11.8 Å². The number of anilines is 2. The monoisotopic (exact) mass is 339 g/mol. The largest absolute Gasteiger partial charge is 0.326 e. The Labute approximate surface area is 148 Å². The SMILES string of the molecule is CC(C)CC(=O)Nc1ccc(NC(=O)C(C)(N)c2ccccc2)cc1. The summed E-state index contributed by atoms with van der Waals surface area (Å²) in [7, 11) is 0. The van der Waals surface area contributed by atoms with E-state index >= 15 is 0 Å². The molecule has 0 heterocycles. The number of benzene rings is 2. The smallest absolute Gasteiger partial charge is 0.248 e. The van der Waals surface area contributed by atoms with Crippen molar-refractivity contribution in [1.29, 1.82) is 0 Å². The number of amides is 2. The topological polar surface area (TPSA) is 84.2 Å². The summed E-state index contributed by atoms with van der Waals surface area (Å²) >= 11 is 0. The van der Waals surface area contributed by atoms with Crippen LogP contribution in [0.4, 0.5) is 11.4 Å². The maximum absolute atomic E-state index is 12.5. The molecule has 5 nitrogen and oxygen atoms in total. The van der Waals surface area contributed by atoms with Crippen LogP contribution in [0.15, 0.2) is 54.6 Å². The van der Waals surface area contributed by atoms with Crippen molar-refractivity contribution in [2.24, 2.45) is 11.7 Å². The van der Waals surface area contributed by atoms with Crippen molar-refractivity contribution in [3.05, 3.63) is 60.2 Å². The van der Waals surface area contributed by atoms with Crippen LogP contribution in [-0.4, -0.2) is 11.8 Å². The Morgan fingerprint density at radius 1 is 0.960 bits per heavy atom. The first-order valence-electron chi connectivity index (χ1n) is 8.35. The Hall–Kier alpha value is -2.66. The Balaban J connectivity index is 2.01. The fourth-order valence-electron chi connectivity index (χ4n) is 2.40. The van der Waals surface area contributed by atoms with E-state index in [2.05, 4.69) is 10.6 Å². The van der Waals surface area contributed by atoms with E-state index in [-0.39, 0.29) is 11.8 Å². The molecule has 0 radical (unpaired) electrons. The van der Waals surface area contributed by atoms with Gasteiger partial charge in [-0.25, -0.2) is 0 Å². The van der Waals surface area contributed by atoms with Crippen molar-refractivity contribution in [2.45, 2.75) is 32.7 Å². The van der Waals surface area contributed by atoms with Crippen LogP contribution in [0, 0.1) is 5.92 Å². The second-order valence-corrected chi connectivity index (χ2v) is 6.75. The average Bonchev–Trinajstić information content (AvgIpc) is 2.56. The van der Waals surface area contributed by atoms with Gasteiger partial charge in [-0.3, -0.25) is 9.59 Å². The highest BCUT2D eigenvalue weighted by molar-refractivity contribution is 5.98. The quantitative estimate of drug-likeness (QED) is 0.753. The summed E-state index contributed by atoms with van der Waals surface area (Å²) in [5.74, 6) is -0.0144. The van der Waals surface area contributed by atoms with Crippen LogP contribution < -0.4 is 16.4 Å². The van der Waals surface area contributed by atoms with Crippen LogP contribution in [-0.2, 0) is 15.1 Å². The molecular formula is C20H25N3O2. The van der Waals surface area contributed by atoms with E-state index in [9.17, 15) is 9.59 Å². The molecule has 1 unspecified atom stereocenters. The molecule has 0 bridgehead atoms. The minimum atomic E-state index is -1.13. The summed E-state index contributed by atoms with van der Waals surface area (Å²) in [6, 6.07) is 16.2. The number of nitrogens with one attached hydrogen (secondary N) is 2. The Bertz CT molecular complexity index is 722. The lowest BCUT2D eigenvalue weighted by Gasteiger charge is -2.24. The van der Waals surface area contributed by atoms with E-state index in [1.807, 2.05) is 44.2 Å². The lowest BCUT2D eigenvalue weighted by molar-refractivity contribution is -0.121. The van der Waals surface area contributed by atoms with Gasteiger partial charge in [-0.2, -0.15) is 0 Å². The second kappa shape index (κ2) is 7.94. The predicted octanol–water partition coefficient (Wildman–Crippen LogP) is 3.48. The summed E-state index contributed by atoms with van der Waals surface area (Å²) in [6.45, 7) is 5.67. The van der Waals surface area contributed by atoms with Crippen molar-refractivity contribution in [3.63, 3.8) is 0 Å². The van der Waals surface area contributed by atoms with Crippen LogP contribution in [0.1, 0.15) is 32.8 Å². The minimum absolute atomic E-state index is 0.0228. The summed E-state index contributed by atoms with van der Waals surface area (Å²) in [5, 5.41) is 5.65. The predicted molar refractivity (Wildman–Crippen MR) is 101 cm³/mol. The van der Waals surface area contributed by atoms with Gasteiger partial charge in [-0.1, -0.05) is 44.2 Å². The zero-order chi connectivity index (χ0) is 18.4. The maximum atomic E-state index is 12.5. The van der Waals surface area contributed by atoms with Crippen molar-refractivity contribution in [3.8, 4) is 0 Å². The molecule has 4 N–H and O–H groups in total. The summed E-state index contributed by atoms with van der Waals surface area (Å²) < 4.78 is 0. The number of carbonyl (C=O) groups excluding carboxylic acids is 2. The number of rotatable bonds is 6. The van der Waals surface area contributed by atoms with Crippen LogP contribution in [0.2, 0.25) is 0 Å². The van der Waals surface area contributed by atoms with E-state index in [1.165, 1.54) is 0 Å². The Kier molecular flexibility index (Phi) is 5.93. The van der Waals surface area contributed by atoms with Gasteiger partial charge in [0.1, 0.15) is 5.54 Å². The summed E-state index contributed by atoms with van der Waals surface area (Å²) in [4.78, 5) is 24.3. The molecule has 2 amide bonds. The molecular weight excluding hydrogens is 314 g/mol. The molecule has 0 aliphatic heterocycles. The van der Waals surface area contributed by atoms with Gasteiger partial charge in [0.25, 0.3) is 0 Å². The zero-order valence-electron chi connectivity index (χ0n) is 14.9. The molecule has 5 heteroatoms. The molecule has 2 aromatic carbocycles. The second-order valence-electron chi connectivity index (χ2n) is 6.75. The highest BCUT2D eigenvalue weighted by Crippen LogP contribution is 2.21. The fourth-order valence-corrected chi connectivity index (χ4v) is 2.40. The van der Waals surface area contributed by atoms with E-state index < -0.39 is 5.54 Å². The van der Waals surface area contributed by atoms with Gasteiger partial charge in [-0.15, -0.1) is 0 Å². The number of hydrogen-bond acceptors (Lipinski definition) is 3. The normalized spacial score (nSPS) is 13.2. The maximum Gasteiger partial charge on any atom is 0.248 e. The lowest BCUT2D eigenvalue weighted by atomic mass is 9.92. The molecule has 2 aromatic rings. The standard InChI is InChI=1S/C20H25N3O2/c1-14(2)13-18(24)22-16-9-11-17(12-10-16)23-19(25)20(3,21)15-7-5-4-6-8-15/h4-12,14H,13,21H2,1-3H3,(H,22,24)(H,23,25). The first-order valence-corrected chi connectivity index (χ1v) is 8.35. The van der Waals surface area contributed by atoms with Gasteiger partial charge in [0, 0.05) is 17.8 Å². The molecule has 0 saturated heterocycles. The van der Waals surface area contributed by atoms with Gasteiger partial charge < -0.3 is 16.4 Å². The molecule has 25 heavy (non-hydrogen) atoms. The van der Waals surface area contributed by atoms with Crippen LogP contribution in [0.5, 0.6) is 0 Å². The van der Waals surface area contributed by atoms with Crippen molar-refractivity contribution in [2.75, 3.05) is 10.6 Å². The molecule has 132 valence electrons. The first kappa shape index (κ1) is 18.7. The molecule has 0 fully saturated rings. The van der Waals surface area contributed by atoms with Gasteiger partial charge in [0.05, 0.1) is 0 Å². The molecule has 0 aromatic heterocycles. The third-order valence-electron chi connectivity index (χ3n) is 3.87.